The number of rotatable bonds is 4. The average Bonchev–Trinajstić information content (AvgIpc) is 2.80. The van der Waals surface area contributed by atoms with Gasteiger partial charge in [0.2, 0.25) is 0 Å². The van der Waals surface area contributed by atoms with E-state index in [-0.39, 0.29) is 11.9 Å². The van der Waals surface area contributed by atoms with E-state index in [0.717, 1.165) is 29.9 Å². The minimum absolute atomic E-state index is 0.215. The Balaban J connectivity index is 2.60. The summed E-state index contributed by atoms with van der Waals surface area (Å²) in [6.45, 7) is 5.74. The van der Waals surface area contributed by atoms with Crippen LogP contribution in [-0.4, -0.2) is 9.55 Å². The second-order valence-electron chi connectivity index (χ2n) is 4.91. The van der Waals surface area contributed by atoms with Crippen molar-refractivity contribution in [2.45, 2.75) is 39.7 Å². The summed E-state index contributed by atoms with van der Waals surface area (Å²) in [6, 6.07) is 3.15. The van der Waals surface area contributed by atoms with Gasteiger partial charge < -0.3 is 10.3 Å². The third-order valence-electron chi connectivity index (χ3n) is 3.25. The molecular formula is C15H20FN3. The molecule has 1 aromatic carbocycles. The number of hydrogen-bond acceptors (Lipinski definition) is 2. The smallest absolute Gasteiger partial charge is 0.126 e. The molecular weight excluding hydrogens is 241 g/mol. The molecule has 3 nitrogen and oxygen atoms in total. The molecule has 2 N–H and O–H groups in total. The van der Waals surface area contributed by atoms with Crippen LogP contribution in [0.4, 0.5) is 4.39 Å². The first-order chi connectivity index (χ1) is 9.04. The van der Waals surface area contributed by atoms with Crippen LogP contribution < -0.4 is 5.73 Å². The molecule has 0 saturated carbocycles. The normalized spacial score (nSPS) is 12.7. The highest BCUT2D eigenvalue weighted by molar-refractivity contribution is 5.46. The largest absolute Gasteiger partial charge is 0.324 e. The SMILES string of the molecule is CCCc1nccn1-c1cc(C)c(F)cc1[C@@H](C)N. The Hall–Kier alpha value is -1.68. The zero-order chi connectivity index (χ0) is 14.0. The number of halogens is 1. The summed E-state index contributed by atoms with van der Waals surface area (Å²) in [6.07, 6.45) is 5.59. The number of imidazole rings is 1. The Labute approximate surface area is 113 Å². The highest BCUT2D eigenvalue weighted by atomic mass is 19.1. The van der Waals surface area contributed by atoms with Crippen LogP contribution >= 0.6 is 0 Å². The van der Waals surface area contributed by atoms with Crippen molar-refractivity contribution in [1.29, 1.82) is 0 Å². The molecule has 0 aliphatic heterocycles. The summed E-state index contributed by atoms with van der Waals surface area (Å²) < 4.78 is 15.7. The van der Waals surface area contributed by atoms with Crippen LogP contribution in [0, 0.1) is 12.7 Å². The summed E-state index contributed by atoms with van der Waals surface area (Å²) >= 11 is 0. The van der Waals surface area contributed by atoms with Crippen molar-refractivity contribution in [1.82, 2.24) is 9.55 Å². The molecule has 2 aromatic rings. The molecule has 0 amide bonds. The van der Waals surface area contributed by atoms with Crippen LogP contribution in [0.25, 0.3) is 5.69 Å². The van der Waals surface area contributed by atoms with E-state index in [2.05, 4.69) is 11.9 Å². The van der Waals surface area contributed by atoms with Crippen LogP contribution in [0.1, 0.15) is 43.3 Å². The van der Waals surface area contributed by atoms with Gasteiger partial charge in [-0.1, -0.05) is 6.92 Å². The summed E-state index contributed by atoms with van der Waals surface area (Å²) in [5.74, 6) is 0.767. The number of aromatic nitrogens is 2. The van der Waals surface area contributed by atoms with Gasteiger partial charge >= 0.3 is 0 Å². The lowest BCUT2D eigenvalue weighted by Gasteiger charge is -2.17. The first-order valence-corrected chi connectivity index (χ1v) is 6.62. The average molecular weight is 261 g/mol. The van der Waals surface area contributed by atoms with Crippen molar-refractivity contribution in [2.75, 3.05) is 0 Å². The van der Waals surface area contributed by atoms with Crippen molar-refractivity contribution < 1.29 is 4.39 Å². The van der Waals surface area contributed by atoms with Gasteiger partial charge in [-0.15, -0.1) is 0 Å². The van der Waals surface area contributed by atoms with E-state index in [4.69, 9.17) is 5.73 Å². The molecule has 4 heteroatoms. The molecule has 0 unspecified atom stereocenters. The Morgan fingerprint density at radius 2 is 2.16 bits per heavy atom. The lowest BCUT2D eigenvalue weighted by molar-refractivity contribution is 0.611. The number of aryl methyl sites for hydroxylation is 2. The number of benzene rings is 1. The second kappa shape index (κ2) is 5.53. The number of nitrogens with two attached hydrogens (primary N) is 1. The van der Waals surface area contributed by atoms with Gasteiger partial charge in [-0.2, -0.15) is 0 Å². The molecule has 2 rings (SSSR count). The lowest BCUT2D eigenvalue weighted by atomic mass is 10.0. The van der Waals surface area contributed by atoms with Gasteiger partial charge in [-0.25, -0.2) is 9.37 Å². The minimum atomic E-state index is -0.220. The topological polar surface area (TPSA) is 43.8 Å². The molecule has 0 bridgehead atoms. The van der Waals surface area contributed by atoms with Crippen molar-refractivity contribution in [2.24, 2.45) is 5.73 Å². The van der Waals surface area contributed by atoms with Gasteiger partial charge in [0.25, 0.3) is 0 Å². The van der Waals surface area contributed by atoms with E-state index in [1.807, 2.05) is 23.8 Å². The predicted molar refractivity (Wildman–Crippen MR) is 74.9 cm³/mol. The van der Waals surface area contributed by atoms with Crippen molar-refractivity contribution in [3.63, 3.8) is 0 Å². The predicted octanol–water partition coefficient (Wildman–Crippen LogP) is 3.29. The zero-order valence-electron chi connectivity index (χ0n) is 11.7. The third kappa shape index (κ3) is 2.68. The van der Waals surface area contributed by atoms with E-state index in [9.17, 15) is 4.39 Å². The quantitative estimate of drug-likeness (QED) is 0.917. The molecule has 1 atom stereocenters. The van der Waals surface area contributed by atoms with Gasteiger partial charge in [0, 0.05) is 24.9 Å². The van der Waals surface area contributed by atoms with Gasteiger partial charge in [0.05, 0.1) is 5.69 Å². The maximum absolute atomic E-state index is 13.7. The molecule has 0 spiro atoms. The Morgan fingerprint density at radius 3 is 2.79 bits per heavy atom. The van der Waals surface area contributed by atoms with Crippen LogP contribution in [0.2, 0.25) is 0 Å². The van der Waals surface area contributed by atoms with Gasteiger partial charge in [0.15, 0.2) is 0 Å². The summed E-state index contributed by atoms with van der Waals surface area (Å²) in [7, 11) is 0. The molecule has 0 aliphatic rings. The van der Waals surface area contributed by atoms with Gasteiger partial charge in [0.1, 0.15) is 11.6 Å². The minimum Gasteiger partial charge on any atom is -0.324 e. The highest BCUT2D eigenvalue weighted by Crippen LogP contribution is 2.25. The Kier molecular flexibility index (Phi) is 4.00. The maximum Gasteiger partial charge on any atom is 0.126 e. The molecule has 0 aliphatic carbocycles. The second-order valence-corrected chi connectivity index (χ2v) is 4.91. The van der Waals surface area contributed by atoms with E-state index in [1.54, 1.807) is 13.1 Å². The fraction of sp³-hybridized carbons (Fsp3) is 0.400. The molecule has 0 saturated heterocycles. The number of hydrogen-bond donors (Lipinski definition) is 1. The van der Waals surface area contributed by atoms with E-state index in [0.29, 0.717) is 5.56 Å². The molecule has 1 heterocycles. The van der Waals surface area contributed by atoms with Gasteiger partial charge in [-0.3, -0.25) is 0 Å². The highest BCUT2D eigenvalue weighted by Gasteiger charge is 2.14. The maximum atomic E-state index is 13.7. The fourth-order valence-electron chi connectivity index (χ4n) is 2.22. The summed E-state index contributed by atoms with van der Waals surface area (Å²) in [5, 5.41) is 0. The Morgan fingerprint density at radius 1 is 1.42 bits per heavy atom. The van der Waals surface area contributed by atoms with E-state index in [1.165, 1.54) is 6.07 Å². The summed E-state index contributed by atoms with van der Waals surface area (Å²) in [5.41, 5.74) is 8.31. The van der Waals surface area contributed by atoms with E-state index >= 15 is 0 Å². The Bertz CT molecular complexity index is 573. The van der Waals surface area contributed by atoms with Gasteiger partial charge in [-0.05, 0) is 43.5 Å². The number of nitrogens with zero attached hydrogens (tertiary/aromatic N) is 2. The van der Waals surface area contributed by atoms with Crippen LogP contribution in [0.5, 0.6) is 0 Å². The fourth-order valence-corrected chi connectivity index (χ4v) is 2.22. The van der Waals surface area contributed by atoms with Crippen molar-refractivity contribution in [3.05, 3.63) is 47.3 Å². The van der Waals surface area contributed by atoms with Crippen LogP contribution in [-0.2, 0) is 6.42 Å². The zero-order valence-corrected chi connectivity index (χ0v) is 11.7. The first-order valence-electron chi connectivity index (χ1n) is 6.62. The molecule has 0 radical (unpaired) electrons. The van der Waals surface area contributed by atoms with E-state index < -0.39 is 0 Å². The molecule has 19 heavy (non-hydrogen) atoms. The molecule has 102 valence electrons. The molecule has 1 aromatic heterocycles. The van der Waals surface area contributed by atoms with Crippen molar-refractivity contribution in [3.8, 4) is 5.69 Å². The monoisotopic (exact) mass is 261 g/mol. The lowest BCUT2D eigenvalue weighted by Crippen LogP contribution is -2.12. The standard InChI is InChI=1S/C15H20FN3/c1-4-5-15-18-6-7-19(15)14-8-10(2)13(16)9-12(14)11(3)17/h6-9,11H,4-5,17H2,1-3H3/t11-/m1/s1. The summed E-state index contributed by atoms with van der Waals surface area (Å²) in [4.78, 5) is 4.36. The molecule has 0 fully saturated rings. The van der Waals surface area contributed by atoms with Crippen LogP contribution in [0.15, 0.2) is 24.5 Å². The third-order valence-corrected chi connectivity index (χ3v) is 3.25. The van der Waals surface area contributed by atoms with Crippen LogP contribution in [0.3, 0.4) is 0 Å². The van der Waals surface area contributed by atoms with Crippen molar-refractivity contribution >= 4 is 0 Å². The first kappa shape index (κ1) is 13.7.